The second-order valence-corrected chi connectivity index (χ2v) is 4.88. The van der Waals surface area contributed by atoms with Gasteiger partial charge in [0.1, 0.15) is 5.69 Å². The van der Waals surface area contributed by atoms with E-state index >= 15 is 0 Å². The summed E-state index contributed by atoms with van der Waals surface area (Å²) >= 11 is 0. The molecule has 3 heterocycles. The van der Waals surface area contributed by atoms with E-state index in [2.05, 4.69) is 10.3 Å². The normalized spacial score (nSPS) is 22.4. The number of aromatic carboxylic acids is 1. The van der Waals surface area contributed by atoms with E-state index in [1.807, 2.05) is 0 Å². The molecule has 0 amide bonds. The van der Waals surface area contributed by atoms with Crippen LogP contribution in [0.25, 0.3) is 0 Å². The molecule has 92 valence electrons. The van der Waals surface area contributed by atoms with Crippen molar-refractivity contribution in [2.45, 2.75) is 24.8 Å². The van der Waals surface area contributed by atoms with E-state index < -0.39 is 5.97 Å². The fraction of sp³-hybridized carbons (Fsp3) is 0.583. The van der Waals surface area contributed by atoms with Gasteiger partial charge < -0.3 is 20.1 Å². The van der Waals surface area contributed by atoms with Gasteiger partial charge in [-0.05, 0) is 24.5 Å². The zero-order valence-electron chi connectivity index (χ0n) is 9.58. The van der Waals surface area contributed by atoms with Gasteiger partial charge in [-0.25, -0.2) is 4.79 Å². The molecule has 1 aromatic rings. The van der Waals surface area contributed by atoms with Crippen molar-refractivity contribution in [3.05, 3.63) is 23.0 Å². The molecule has 0 aromatic carbocycles. The lowest BCUT2D eigenvalue weighted by Crippen LogP contribution is -2.46. The van der Waals surface area contributed by atoms with Crippen molar-refractivity contribution in [3.8, 4) is 0 Å². The molecule has 1 aromatic heterocycles. The van der Waals surface area contributed by atoms with E-state index in [0.717, 1.165) is 50.4 Å². The lowest BCUT2D eigenvalue weighted by molar-refractivity contribution is 0.0457. The first-order valence-corrected chi connectivity index (χ1v) is 5.95. The molecule has 0 unspecified atom stereocenters. The van der Waals surface area contributed by atoms with Crippen molar-refractivity contribution in [2.24, 2.45) is 0 Å². The number of aromatic nitrogens is 1. The van der Waals surface area contributed by atoms with Crippen LogP contribution in [0.5, 0.6) is 0 Å². The highest BCUT2D eigenvalue weighted by Crippen LogP contribution is 2.38. The maximum absolute atomic E-state index is 11.0. The molecule has 5 heteroatoms. The van der Waals surface area contributed by atoms with Gasteiger partial charge in [0.25, 0.3) is 0 Å². The van der Waals surface area contributed by atoms with E-state index in [0.29, 0.717) is 5.69 Å². The number of carboxylic acid groups (broad SMARTS) is 1. The van der Waals surface area contributed by atoms with Crippen LogP contribution in [0.3, 0.4) is 0 Å². The minimum absolute atomic E-state index is 0.0412. The van der Waals surface area contributed by atoms with Crippen LogP contribution in [-0.2, 0) is 16.7 Å². The van der Waals surface area contributed by atoms with Gasteiger partial charge in [-0.15, -0.1) is 0 Å². The van der Waals surface area contributed by atoms with Crippen molar-refractivity contribution in [1.82, 2.24) is 10.3 Å². The monoisotopic (exact) mass is 236 g/mol. The molecule has 0 aliphatic carbocycles. The first-order valence-electron chi connectivity index (χ1n) is 5.95. The van der Waals surface area contributed by atoms with E-state index in [4.69, 9.17) is 9.84 Å². The minimum Gasteiger partial charge on any atom is -0.477 e. The SMILES string of the molecule is O=C(O)c1cc2c([nH]1)C1(CCOCC1)CNC2. The van der Waals surface area contributed by atoms with Crippen LogP contribution < -0.4 is 5.32 Å². The van der Waals surface area contributed by atoms with Crippen molar-refractivity contribution < 1.29 is 14.6 Å². The van der Waals surface area contributed by atoms with Gasteiger partial charge in [0, 0.05) is 37.4 Å². The summed E-state index contributed by atoms with van der Waals surface area (Å²) in [5, 5.41) is 12.4. The summed E-state index contributed by atoms with van der Waals surface area (Å²) in [6.07, 6.45) is 1.90. The number of H-pyrrole nitrogens is 1. The predicted molar refractivity (Wildman–Crippen MR) is 61.2 cm³/mol. The third kappa shape index (κ3) is 1.66. The van der Waals surface area contributed by atoms with Gasteiger partial charge in [-0.2, -0.15) is 0 Å². The van der Waals surface area contributed by atoms with Crippen LogP contribution in [0.4, 0.5) is 0 Å². The van der Waals surface area contributed by atoms with E-state index in [1.54, 1.807) is 6.07 Å². The Balaban J connectivity index is 2.03. The summed E-state index contributed by atoms with van der Waals surface area (Å²) in [7, 11) is 0. The molecule has 3 N–H and O–H groups in total. The lowest BCUT2D eigenvalue weighted by atomic mass is 9.74. The highest BCUT2D eigenvalue weighted by Gasteiger charge is 2.40. The lowest BCUT2D eigenvalue weighted by Gasteiger charge is -2.40. The quantitative estimate of drug-likeness (QED) is 0.676. The topological polar surface area (TPSA) is 74.3 Å². The van der Waals surface area contributed by atoms with Gasteiger partial charge in [-0.1, -0.05) is 0 Å². The average Bonchev–Trinajstić information content (AvgIpc) is 2.76. The molecule has 17 heavy (non-hydrogen) atoms. The Labute approximate surface area is 99.2 Å². The molecule has 2 aliphatic rings. The van der Waals surface area contributed by atoms with Crippen molar-refractivity contribution in [2.75, 3.05) is 19.8 Å². The third-order valence-electron chi connectivity index (χ3n) is 3.89. The zero-order valence-corrected chi connectivity index (χ0v) is 9.58. The number of hydrogen-bond acceptors (Lipinski definition) is 3. The summed E-state index contributed by atoms with van der Waals surface area (Å²) in [5.41, 5.74) is 2.54. The van der Waals surface area contributed by atoms with Gasteiger partial charge in [0.05, 0.1) is 0 Å². The molecule has 1 fully saturated rings. The highest BCUT2D eigenvalue weighted by atomic mass is 16.5. The number of fused-ring (bicyclic) bond motifs is 2. The van der Waals surface area contributed by atoms with Gasteiger partial charge in [-0.3, -0.25) is 0 Å². The predicted octanol–water partition coefficient (Wildman–Crippen LogP) is 0.864. The molecule has 0 saturated carbocycles. The number of carbonyl (C=O) groups is 1. The fourth-order valence-corrected chi connectivity index (χ4v) is 2.94. The summed E-state index contributed by atoms with van der Waals surface area (Å²) in [6, 6.07) is 1.75. The second kappa shape index (κ2) is 3.85. The molecule has 1 spiro atoms. The Morgan fingerprint density at radius 1 is 1.41 bits per heavy atom. The number of rotatable bonds is 1. The molecule has 0 bridgehead atoms. The highest BCUT2D eigenvalue weighted by molar-refractivity contribution is 5.86. The van der Waals surface area contributed by atoms with Gasteiger partial charge in [0.2, 0.25) is 0 Å². The molecule has 5 nitrogen and oxygen atoms in total. The molecular weight excluding hydrogens is 220 g/mol. The molecule has 0 atom stereocenters. The Bertz CT molecular complexity index is 447. The Morgan fingerprint density at radius 2 is 2.18 bits per heavy atom. The van der Waals surface area contributed by atoms with Crippen molar-refractivity contribution in [1.29, 1.82) is 0 Å². The summed E-state index contributed by atoms with van der Waals surface area (Å²) < 4.78 is 5.41. The third-order valence-corrected chi connectivity index (χ3v) is 3.89. The zero-order chi connectivity index (χ0) is 11.9. The summed E-state index contributed by atoms with van der Waals surface area (Å²) in [5.74, 6) is -0.887. The first kappa shape index (κ1) is 10.8. The summed E-state index contributed by atoms with van der Waals surface area (Å²) in [4.78, 5) is 14.1. The number of hydrogen-bond donors (Lipinski definition) is 3. The largest absolute Gasteiger partial charge is 0.477 e. The number of ether oxygens (including phenoxy) is 1. The molecule has 0 radical (unpaired) electrons. The van der Waals surface area contributed by atoms with Crippen molar-refractivity contribution in [3.63, 3.8) is 0 Å². The van der Waals surface area contributed by atoms with Crippen LogP contribution in [0, 0.1) is 0 Å². The molecule has 2 aliphatic heterocycles. The summed E-state index contributed by atoms with van der Waals surface area (Å²) in [6.45, 7) is 3.16. The molecule has 1 saturated heterocycles. The Hall–Kier alpha value is -1.33. The Kier molecular flexibility index (Phi) is 2.45. The molecule has 3 rings (SSSR count). The minimum atomic E-state index is -0.887. The van der Waals surface area contributed by atoms with Crippen LogP contribution in [0.15, 0.2) is 6.07 Å². The number of carboxylic acids is 1. The maximum atomic E-state index is 11.0. The number of nitrogens with one attached hydrogen (secondary N) is 2. The average molecular weight is 236 g/mol. The molecular formula is C12H16N2O3. The van der Waals surface area contributed by atoms with Crippen LogP contribution >= 0.6 is 0 Å². The van der Waals surface area contributed by atoms with Gasteiger partial charge in [0.15, 0.2) is 0 Å². The van der Waals surface area contributed by atoms with Crippen LogP contribution in [0.1, 0.15) is 34.6 Å². The van der Waals surface area contributed by atoms with Crippen LogP contribution in [-0.4, -0.2) is 35.8 Å². The smallest absolute Gasteiger partial charge is 0.352 e. The standard InChI is InChI=1S/C12H16N2O3/c15-11(16)9-5-8-6-13-7-12(10(8)14-9)1-3-17-4-2-12/h5,13-14H,1-4,6-7H2,(H,15,16). The maximum Gasteiger partial charge on any atom is 0.352 e. The second-order valence-electron chi connectivity index (χ2n) is 4.88. The fourth-order valence-electron chi connectivity index (χ4n) is 2.94. The van der Waals surface area contributed by atoms with Crippen molar-refractivity contribution >= 4 is 5.97 Å². The number of aromatic amines is 1. The first-order chi connectivity index (χ1) is 8.21. The van der Waals surface area contributed by atoms with E-state index in [9.17, 15) is 4.79 Å². The van der Waals surface area contributed by atoms with Gasteiger partial charge >= 0.3 is 5.97 Å². The van der Waals surface area contributed by atoms with Crippen LogP contribution in [0.2, 0.25) is 0 Å². The Morgan fingerprint density at radius 3 is 2.88 bits per heavy atom. The van der Waals surface area contributed by atoms with E-state index in [1.165, 1.54) is 0 Å². The van der Waals surface area contributed by atoms with E-state index in [-0.39, 0.29) is 5.41 Å².